The molecule has 4 heteroatoms. The van der Waals surface area contributed by atoms with E-state index >= 15 is 0 Å². The number of nitrogens with two attached hydrogens (primary N) is 1. The number of aromatic nitrogens is 2. The lowest BCUT2D eigenvalue weighted by atomic mass is 9.97. The summed E-state index contributed by atoms with van der Waals surface area (Å²) in [6.07, 6.45) is 1.83. The molecule has 0 spiro atoms. The smallest absolute Gasteiger partial charge is 0.260 e. The lowest BCUT2D eigenvalue weighted by Crippen LogP contribution is -2.20. The summed E-state index contributed by atoms with van der Waals surface area (Å²) in [5.41, 5.74) is 12.4. The van der Waals surface area contributed by atoms with Crippen molar-refractivity contribution in [3.8, 4) is 22.4 Å². The van der Waals surface area contributed by atoms with Gasteiger partial charge in [-0.3, -0.25) is 4.79 Å². The summed E-state index contributed by atoms with van der Waals surface area (Å²) in [7, 11) is 0. The average molecular weight is 418 g/mol. The Labute approximate surface area is 186 Å². The van der Waals surface area contributed by atoms with E-state index in [1.165, 1.54) is 0 Å². The third-order valence-electron chi connectivity index (χ3n) is 5.70. The lowest BCUT2D eigenvalue weighted by Gasteiger charge is -2.13. The Morgan fingerprint density at radius 3 is 2.12 bits per heavy atom. The van der Waals surface area contributed by atoms with E-state index in [0.29, 0.717) is 24.0 Å². The Morgan fingerprint density at radius 2 is 1.44 bits per heavy atom. The van der Waals surface area contributed by atoms with Gasteiger partial charge in [0.1, 0.15) is 0 Å². The molecule has 4 nitrogen and oxygen atoms in total. The predicted molar refractivity (Wildman–Crippen MR) is 130 cm³/mol. The van der Waals surface area contributed by atoms with Crippen LogP contribution < -0.4 is 11.3 Å². The second-order valence-electron chi connectivity index (χ2n) is 7.82. The van der Waals surface area contributed by atoms with Crippen molar-refractivity contribution in [3.63, 3.8) is 0 Å². The monoisotopic (exact) mass is 417 g/mol. The maximum Gasteiger partial charge on any atom is 0.260 e. The SMILES string of the molecule is NCc1ccc(-c2nc3ccn(Cc4ccccc4)c(=O)c3cc2-c2ccccc2)cc1. The first kappa shape index (κ1) is 19.9. The largest absolute Gasteiger partial charge is 0.326 e. The van der Waals surface area contributed by atoms with Crippen LogP contribution in [-0.4, -0.2) is 9.55 Å². The lowest BCUT2D eigenvalue weighted by molar-refractivity contribution is 0.767. The van der Waals surface area contributed by atoms with E-state index in [-0.39, 0.29) is 5.56 Å². The molecule has 5 rings (SSSR count). The quantitative estimate of drug-likeness (QED) is 0.426. The highest BCUT2D eigenvalue weighted by Gasteiger charge is 2.14. The summed E-state index contributed by atoms with van der Waals surface area (Å²) in [5.74, 6) is 0. The standard InChI is InChI=1S/C28H23N3O/c29-18-20-11-13-23(14-12-20)27-24(22-9-5-2-6-10-22)17-25-26(30-27)15-16-31(28(25)32)19-21-7-3-1-4-8-21/h1-17H,18-19,29H2. The predicted octanol–water partition coefficient (Wildman–Crippen LogP) is 5.24. The van der Waals surface area contributed by atoms with Gasteiger partial charge in [0.25, 0.3) is 5.56 Å². The van der Waals surface area contributed by atoms with E-state index in [2.05, 4.69) is 0 Å². The molecule has 0 radical (unpaired) electrons. The molecular weight excluding hydrogens is 394 g/mol. The van der Waals surface area contributed by atoms with E-state index in [4.69, 9.17) is 10.7 Å². The van der Waals surface area contributed by atoms with E-state index < -0.39 is 0 Å². The minimum atomic E-state index is -0.0407. The highest BCUT2D eigenvalue weighted by molar-refractivity contribution is 5.91. The second-order valence-corrected chi connectivity index (χ2v) is 7.82. The molecule has 0 saturated heterocycles. The molecule has 3 aromatic carbocycles. The van der Waals surface area contributed by atoms with Gasteiger partial charge in [-0.15, -0.1) is 0 Å². The zero-order valence-corrected chi connectivity index (χ0v) is 17.6. The molecule has 2 heterocycles. The van der Waals surface area contributed by atoms with Crippen LogP contribution in [0.15, 0.2) is 108 Å². The van der Waals surface area contributed by atoms with Crippen LogP contribution >= 0.6 is 0 Å². The molecule has 0 saturated carbocycles. The summed E-state index contributed by atoms with van der Waals surface area (Å²) in [5, 5.41) is 0.615. The number of pyridine rings is 2. The first-order valence-electron chi connectivity index (χ1n) is 10.7. The number of hydrogen-bond donors (Lipinski definition) is 1. The van der Waals surface area contributed by atoms with Crippen LogP contribution in [-0.2, 0) is 13.1 Å². The van der Waals surface area contributed by atoms with Gasteiger partial charge in [-0.2, -0.15) is 0 Å². The molecule has 0 atom stereocenters. The molecule has 0 aliphatic carbocycles. The van der Waals surface area contributed by atoms with Gasteiger partial charge in [0, 0.05) is 23.9 Å². The van der Waals surface area contributed by atoms with Crippen LogP contribution in [0.4, 0.5) is 0 Å². The number of benzene rings is 3. The highest BCUT2D eigenvalue weighted by Crippen LogP contribution is 2.32. The first-order valence-corrected chi connectivity index (χ1v) is 10.7. The van der Waals surface area contributed by atoms with Gasteiger partial charge < -0.3 is 10.3 Å². The van der Waals surface area contributed by atoms with Crippen LogP contribution in [0, 0.1) is 0 Å². The van der Waals surface area contributed by atoms with Crippen molar-refractivity contribution in [2.75, 3.05) is 0 Å². The molecule has 0 fully saturated rings. The number of hydrogen-bond acceptors (Lipinski definition) is 3. The number of nitrogens with zero attached hydrogens (tertiary/aromatic N) is 2. The average Bonchev–Trinajstić information content (AvgIpc) is 2.86. The van der Waals surface area contributed by atoms with Crippen LogP contribution in [0.3, 0.4) is 0 Å². The third-order valence-corrected chi connectivity index (χ3v) is 5.70. The van der Waals surface area contributed by atoms with Crippen LogP contribution in [0.2, 0.25) is 0 Å². The van der Waals surface area contributed by atoms with Crippen molar-refractivity contribution in [2.24, 2.45) is 5.73 Å². The second kappa shape index (κ2) is 8.61. The fraction of sp³-hybridized carbons (Fsp3) is 0.0714. The topological polar surface area (TPSA) is 60.9 Å². The van der Waals surface area contributed by atoms with E-state index in [1.54, 1.807) is 4.57 Å². The molecule has 32 heavy (non-hydrogen) atoms. The van der Waals surface area contributed by atoms with Crippen LogP contribution in [0.25, 0.3) is 33.3 Å². The fourth-order valence-electron chi connectivity index (χ4n) is 3.97. The zero-order chi connectivity index (χ0) is 21.9. The summed E-state index contributed by atoms with van der Waals surface area (Å²) in [6.45, 7) is 1.02. The summed E-state index contributed by atoms with van der Waals surface area (Å²) in [4.78, 5) is 18.3. The Morgan fingerprint density at radius 1 is 0.750 bits per heavy atom. The van der Waals surface area contributed by atoms with Gasteiger partial charge in [-0.25, -0.2) is 4.98 Å². The molecule has 0 unspecified atom stereocenters. The molecule has 0 amide bonds. The van der Waals surface area contributed by atoms with Crippen molar-refractivity contribution < 1.29 is 0 Å². The van der Waals surface area contributed by atoms with Crippen molar-refractivity contribution >= 4 is 10.9 Å². The number of rotatable bonds is 5. The number of fused-ring (bicyclic) bond motifs is 1. The van der Waals surface area contributed by atoms with Gasteiger partial charge in [0.05, 0.1) is 23.1 Å². The summed E-state index contributed by atoms with van der Waals surface area (Å²) >= 11 is 0. The summed E-state index contributed by atoms with van der Waals surface area (Å²) in [6, 6.07) is 32.1. The minimum Gasteiger partial charge on any atom is -0.326 e. The molecule has 0 aliphatic rings. The Bertz CT molecular complexity index is 1420. The maximum absolute atomic E-state index is 13.4. The third kappa shape index (κ3) is 3.84. The van der Waals surface area contributed by atoms with Gasteiger partial charge in [0.15, 0.2) is 0 Å². The molecule has 2 N–H and O–H groups in total. The molecular formula is C28H23N3O. The molecule has 0 bridgehead atoms. The minimum absolute atomic E-state index is 0.0407. The molecule has 156 valence electrons. The molecule has 2 aromatic heterocycles. The van der Waals surface area contributed by atoms with Crippen LogP contribution in [0.1, 0.15) is 11.1 Å². The molecule has 5 aromatic rings. The van der Waals surface area contributed by atoms with Crippen molar-refractivity contribution in [1.82, 2.24) is 9.55 Å². The Balaban J connectivity index is 1.70. The van der Waals surface area contributed by atoms with Gasteiger partial charge in [-0.1, -0.05) is 84.9 Å². The maximum atomic E-state index is 13.4. The fourth-order valence-corrected chi connectivity index (χ4v) is 3.97. The van der Waals surface area contributed by atoms with Gasteiger partial charge in [0.2, 0.25) is 0 Å². The normalized spacial score (nSPS) is 11.0. The Hall–Kier alpha value is -4.02. The van der Waals surface area contributed by atoms with E-state index in [9.17, 15) is 4.79 Å². The van der Waals surface area contributed by atoms with Crippen molar-refractivity contribution in [1.29, 1.82) is 0 Å². The van der Waals surface area contributed by atoms with Gasteiger partial charge in [-0.05, 0) is 28.8 Å². The highest BCUT2D eigenvalue weighted by atomic mass is 16.1. The van der Waals surface area contributed by atoms with E-state index in [0.717, 1.165) is 33.5 Å². The first-order chi connectivity index (χ1) is 15.7. The van der Waals surface area contributed by atoms with Crippen molar-refractivity contribution in [3.05, 3.63) is 125 Å². The van der Waals surface area contributed by atoms with E-state index in [1.807, 2.05) is 103 Å². The zero-order valence-electron chi connectivity index (χ0n) is 17.6. The Kier molecular flexibility index (Phi) is 5.36. The summed E-state index contributed by atoms with van der Waals surface area (Å²) < 4.78 is 1.74. The molecule has 0 aliphatic heterocycles. The van der Waals surface area contributed by atoms with Crippen molar-refractivity contribution in [2.45, 2.75) is 13.1 Å². The van der Waals surface area contributed by atoms with Gasteiger partial charge >= 0.3 is 0 Å². The van der Waals surface area contributed by atoms with Crippen LogP contribution in [0.5, 0.6) is 0 Å².